The molecule has 0 amide bonds. The van der Waals surface area contributed by atoms with Gasteiger partial charge < -0.3 is 5.32 Å². The Hall–Kier alpha value is -1.39. The fourth-order valence-electron chi connectivity index (χ4n) is 1.37. The van der Waals surface area contributed by atoms with Crippen LogP contribution >= 0.6 is 0 Å². The lowest BCUT2D eigenvalue weighted by atomic mass is 9.96. The van der Waals surface area contributed by atoms with Gasteiger partial charge in [-0.05, 0) is 0 Å². The molecule has 18 heavy (non-hydrogen) atoms. The first kappa shape index (κ1) is 16.6. The highest BCUT2D eigenvalue weighted by atomic mass is 15.2. The molecule has 104 valence electrons. The van der Waals surface area contributed by atoms with Gasteiger partial charge in [-0.25, -0.2) is 4.98 Å². The number of nitrogens with zero attached hydrogens (tertiary/aromatic N) is 3. The predicted octanol–water partition coefficient (Wildman–Crippen LogP) is 2.38. The lowest BCUT2D eigenvalue weighted by Gasteiger charge is -2.12. The van der Waals surface area contributed by atoms with E-state index in [1.54, 1.807) is 0 Å². The molecule has 2 heterocycles. The third-order valence-corrected chi connectivity index (χ3v) is 2.37. The minimum atomic E-state index is 0. The van der Waals surface area contributed by atoms with E-state index in [4.69, 9.17) is 0 Å². The molecule has 0 saturated carbocycles. The molecule has 0 spiro atoms. The number of nitrogens with one attached hydrogen (secondary N) is 2. The fraction of sp³-hybridized carbons (Fsp3) is 0.769. The Bertz CT molecular complexity index is 346. The van der Waals surface area contributed by atoms with E-state index in [0.29, 0.717) is 5.92 Å². The predicted molar refractivity (Wildman–Crippen MR) is 77.0 cm³/mol. The maximum Gasteiger partial charge on any atom is 0.137 e. The quantitative estimate of drug-likeness (QED) is 0.807. The maximum atomic E-state index is 4.24. The summed E-state index contributed by atoms with van der Waals surface area (Å²) in [6.45, 7) is 12.6. The van der Waals surface area contributed by atoms with E-state index < -0.39 is 0 Å². The zero-order valence-corrected chi connectivity index (χ0v) is 11.4. The number of aromatic nitrogens is 3. The van der Waals surface area contributed by atoms with Crippen molar-refractivity contribution in [2.24, 2.45) is 10.9 Å². The molecule has 1 aliphatic rings. The van der Waals surface area contributed by atoms with Crippen molar-refractivity contribution < 1.29 is 0 Å². The highest BCUT2D eigenvalue weighted by Crippen LogP contribution is 2.15. The molecule has 0 aromatic carbocycles. The Morgan fingerprint density at radius 1 is 1.28 bits per heavy atom. The summed E-state index contributed by atoms with van der Waals surface area (Å²) in [6.07, 6.45) is 1.53. The largest absolute Gasteiger partial charge is 0.372 e. The van der Waals surface area contributed by atoms with Crippen molar-refractivity contribution in [3.05, 3.63) is 12.2 Å². The van der Waals surface area contributed by atoms with Crippen LogP contribution in [0.25, 0.3) is 0 Å². The molecule has 0 atom stereocenters. The van der Waals surface area contributed by atoms with Crippen LogP contribution in [0.15, 0.2) is 11.3 Å². The van der Waals surface area contributed by atoms with E-state index in [-0.39, 0.29) is 12.8 Å². The van der Waals surface area contributed by atoms with Gasteiger partial charge in [0, 0.05) is 17.9 Å². The van der Waals surface area contributed by atoms with Gasteiger partial charge in [-0.3, -0.25) is 10.1 Å². The standard InChI is InChI=1S/C6H11N3.C6H12N2.CH4/c1-6(2,3)5-7-4-8-9-5;1-5(2)6-7-3-4-8-6;/h4H,1-3H3,(H,7,8,9);5H,3-4H2,1-2H3,(H,7,8);1H4. The molecule has 1 aromatic heterocycles. The van der Waals surface area contributed by atoms with Crippen LogP contribution in [0.1, 0.15) is 47.9 Å². The summed E-state index contributed by atoms with van der Waals surface area (Å²) in [6, 6.07) is 0. The number of H-pyrrole nitrogens is 1. The van der Waals surface area contributed by atoms with Gasteiger partial charge in [-0.1, -0.05) is 42.0 Å². The van der Waals surface area contributed by atoms with Crippen molar-refractivity contribution in [3.63, 3.8) is 0 Å². The fourth-order valence-corrected chi connectivity index (χ4v) is 1.37. The van der Waals surface area contributed by atoms with Crippen molar-refractivity contribution in [1.29, 1.82) is 0 Å². The monoisotopic (exact) mass is 253 g/mol. The Morgan fingerprint density at radius 3 is 2.17 bits per heavy atom. The van der Waals surface area contributed by atoms with Gasteiger partial charge in [0.2, 0.25) is 0 Å². The summed E-state index contributed by atoms with van der Waals surface area (Å²) in [4.78, 5) is 8.26. The van der Waals surface area contributed by atoms with E-state index in [1.165, 1.54) is 12.2 Å². The van der Waals surface area contributed by atoms with Crippen LogP contribution in [0.2, 0.25) is 0 Å². The van der Waals surface area contributed by atoms with Crippen molar-refractivity contribution in [1.82, 2.24) is 20.5 Å². The van der Waals surface area contributed by atoms with Crippen LogP contribution in [0.3, 0.4) is 0 Å². The molecule has 0 unspecified atom stereocenters. The number of aromatic amines is 1. The minimum Gasteiger partial charge on any atom is -0.372 e. The van der Waals surface area contributed by atoms with Crippen LogP contribution in [-0.4, -0.2) is 34.1 Å². The first-order valence-corrected chi connectivity index (χ1v) is 6.05. The van der Waals surface area contributed by atoms with Crippen molar-refractivity contribution >= 4 is 5.84 Å². The number of hydrogen-bond donors (Lipinski definition) is 2. The van der Waals surface area contributed by atoms with Crippen molar-refractivity contribution in [2.75, 3.05) is 13.1 Å². The Morgan fingerprint density at radius 2 is 1.94 bits per heavy atom. The van der Waals surface area contributed by atoms with Gasteiger partial charge in [0.05, 0.1) is 12.4 Å². The van der Waals surface area contributed by atoms with Crippen LogP contribution in [-0.2, 0) is 5.41 Å². The summed E-state index contributed by atoms with van der Waals surface area (Å²) >= 11 is 0. The summed E-state index contributed by atoms with van der Waals surface area (Å²) in [5.41, 5.74) is 0.0938. The topological polar surface area (TPSA) is 66.0 Å². The second-order valence-electron chi connectivity index (χ2n) is 5.43. The highest BCUT2D eigenvalue weighted by molar-refractivity contribution is 5.85. The molecule has 2 rings (SSSR count). The summed E-state index contributed by atoms with van der Waals surface area (Å²) in [5.74, 6) is 2.69. The second-order valence-corrected chi connectivity index (χ2v) is 5.43. The number of rotatable bonds is 1. The first-order valence-electron chi connectivity index (χ1n) is 6.05. The average molecular weight is 253 g/mol. The van der Waals surface area contributed by atoms with Crippen LogP contribution in [0, 0.1) is 5.92 Å². The van der Waals surface area contributed by atoms with E-state index in [9.17, 15) is 0 Å². The van der Waals surface area contributed by atoms with Gasteiger partial charge in [0.15, 0.2) is 0 Å². The number of amidine groups is 1. The Balaban J connectivity index is 0.000000306. The molecule has 0 aliphatic carbocycles. The molecule has 0 radical (unpaired) electrons. The van der Waals surface area contributed by atoms with Gasteiger partial charge in [0.1, 0.15) is 12.2 Å². The molecular formula is C13H27N5. The lowest BCUT2D eigenvalue weighted by molar-refractivity contribution is 0.548. The van der Waals surface area contributed by atoms with E-state index in [2.05, 4.69) is 60.1 Å². The SMILES string of the molecule is C.CC(C)(C)c1ncn[nH]1.CC(C)C1=NCCN1. The summed E-state index contributed by atoms with van der Waals surface area (Å²) in [5, 5.41) is 9.77. The Kier molecular flexibility index (Phi) is 6.58. The molecule has 1 aliphatic heterocycles. The second kappa shape index (κ2) is 7.13. The van der Waals surface area contributed by atoms with Crippen LogP contribution in [0.4, 0.5) is 0 Å². The summed E-state index contributed by atoms with van der Waals surface area (Å²) < 4.78 is 0. The molecule has 0 saturated heterocycles. The highest BCUT2D eigenvalue weighted by Gasteiger charge is 2.15. The first-order chi connectivity index (χ1) is 7.91. The normalized spacial score (nSPS) is 14.2. The average Bonchev–Trinajstić information content (AvgIpc) is 2.92. The smallest absolute Gasteiger partial charge is 0.137 e. The van der Waals surface area contributed by atoms with Crippen molar-refractivity contribution in [2.45, 2.75) is 47.5 Å². The molecular weight excluding hydrogens is 226 g/mol. The number of hydrogen-bond acceptors (Lipinski definition) is 4. The van der Waals surface area contributed by atoms with E-state index in [0.717, 1.165) is 18.9 Å². The van der Waals surface area contributed by atoms with Crippen molar-refractivity contribution in [3.8, 4) is 0 Å². The maximum absolute atomic E-state index is 4.24. The zero-order valence-electron chi connectivity index (χ0n) is 11.4. The van der Waals surface area contributed by atoms with E-state index in [1.807, 2.05) is 0 Å². The minimum absolute atomic E-state index is 0. The Labute approximate surface area is 111 Å². The van der Waals surface area contributed by atoms with Gasteiger partial charge in [0.25, 0.3) is 0 Å². The van der Waals surface area contributed by atoms with Crippen LogP contribution < -0.4 is 5.32 Å². The van der Waals surface area contributed by atoms with Gasteiger partial charge in [-0.15, -0.1) is 0 Å². The molecule has 5 heteroatoms. The summed E-state index contributed by atoms with van der Waals surface area (Å²) in [7, 11) is 0. The third kappa shape index (κ3) is 5.29. The van der Waals surface area contributed by atoms with E-state index >= 15 is 0 Å². The molecule has 5 nitrogen and oxygen atoms in total. The number of aliphatic imine (C=N–C) groups is 1. The molecule has 0 fully saturated rings. The third-order valence-electron chi connectivity index (χ3n) is 2.37. The zero-order chi connectivity index (χ0) is 12.9. The molecule has 0 bridgehead atoms. The van der Waals surface area contributed by atoms with Gasteiger partial charge >= 0.3 is 0 Å². The molecule has 1 aromatic rings. The van der Waals surface area contributed by atoms with Gasteiger partial charge in [-0.2, -0.15) is 5.10 Å². The lowest BCUT2D eigenvalue weighted by Crippen LogP contribution is -2.23. The van der Waals surface area contributed by atoms with Crippen LogP contribution in [0.5, 0.6) is 0 Å². The molecule has 2 N–H and O–H groups in total.